The highest BCUT2D eigenvalue weighted by Gasteiger charge is 2.33. The number of rotatable bonds is 15. The van der Waals surface area contributed by atoms with Gasteiger partial charge in [0, 0.05) is 51.2 Å². The number of thiophene rings is 1. The third-order valence-corrected chi connectivity index (χ3v) is 10.1. The zero-order valence-corrected chi connectivity index (χ0v) is 26.1. The van der Waals surface area contributed by atoms with Crippen molar-refractivity contribution in [3.8, 4) is 10.4 Å². The van der Waals surface area contributed by atoms with Crippen LogP contribution in [0, 0.1) is 13.8 Å². The first-order chi connectivity index (χ1) is 19.5. The molecule has 0 saturated carbocycles. The van der Waals surface area contributed by atoms with E-state index in [1.807, 2.05) is 11.3 Å². The second-order valence-corrected chi connectivity index (χ2v) is 13.2. The van der Waals surface area contributed by atoms with Gasteiger partial charge >= 0.3 is 0 Å². The molecule has 0 bridgehead atoms. The van der Waals surface area contributed by atoms with Gasteiger partial charge in [0.2, 0.25) is 0 Å². The second-order valence-electron chi connectivity index (χ2n) is 12.0. The van der Waals surface area contributed by atoms with Crippen LogP contribution < -0.4 is 0 Å². The molecule has 1 aliphatic heterocycles. The number of nitrogens with zero attached hydrogens (tertiary/aromatic N) is 2. The van der Waals surface area contributed by atoms with Crippen LogP contribution in [0.15, 0.2) is 36.4 Å². The van der Waals surface area contributed by atoms with E-state index in [2.05, 4.69) is 73.6 Å². The van der Waals surface area contributed by atoms with E-state index in [0.29, 0.717) is 0 Å². The van der Waals surface area contributed by atoms with Crippen LogP contribution in [-0.2, 0) is 13.1 Å². The number of fused-ring (bicyclic) bond motifs is 4. The Morgan fingerprint density at radius 3 is 2.02 bits per heavy atom. The Balaban J connectivity index is 1.41. The van der Waals surface area contributed by atoms with E-state index >= 15 is 0 Å². The lowest BCUT2D eigenvalue weighted by atomic mass is 10.0. The molecule has 0 spiro atoms. The normalized spacial score (nSPS) is 13.3. The standard InChI is InChI=1S/C36H48N2OS/c1-5-7-9-11-13-15-21-37-25-31-27(4)40-35(34(31)36(37)39)28-18-20-30-29-19-17-26(3)23-32(29)38(33(30)24-28)22-16-14-12-10-8-6-2/h17-20,23-24H,5-16,21-22,25H2,1-4H3. The summed E-state index contributed by atoms with van der Waals surface area (Å²) < 4.78 is 2.55. The second kappa shape index (κ2) is 13.4. The van der Waals surface area contributed by atoms with Gasteiger partial charge in [0.1, 0.15) is 0 Å². The van der Waals surface area contributed by atoms with Crippen molar-refractivity contribution in [3.05, 3.63) is 58.0 Å². The van der Waals surface area contributed by atoms with Crippen molar-refractivity contribution in [2.75, 3.05) is 6.54 Å². The average molecular weight is 557 g/mol. The summed E-state index contributed by atoms with van der Waals surface area (Å²) in [6, 6.07) is 13.8. The molecule has 5 rings (SSSR count). The van der Waals surface area contributed by atoms with Gasteiger partial charge in [-0.15, -0.1) is 11.3 Å². The molecule has 214 valence electrons. The highest BCUT2D eigenvalue weighted by molar-refractivity contribution is 7.16. The fourth-order valence-corrected chi connectivity index (χ4v) is 7.67. The minimum absolute atomic E-state index is 0.242. The molecule has 0 fully saturated rings. The first-order valence-electron chi connectivity index (χ1n) is 16.0. The molecule has 4 heteroatoms. The summed E-state index contributed by atoms with van der Waals surface area (Å²) in [6.45, 7) is 11.6. The van der Waals surface area contributed by atoms with Crippen LogP contribution >= 0.6 is 11.3 Å². The number of aryl methyl sites for hydroxylation is 3. The Bertz CT molecular complexity index is 1460. The highest BCUT2D eigenvalue weighted by Crippen LogP contribution is 2.43. The summed E-state index contributed by atoms with van der Waals surface area (Å²) in [7, 11) is 0. The maximum atomic E-state index is 13.7. The topological polar surface area (TPSA) is 25.2 Å². The number of hydrogen-bond acceptors (Lipinski definition) is 2. The summed E-state index contributed by atoms with van der Waals surface area (Å²) in [5.74, 6) is 0.242. The number of carbonyl (C=O) groups excluding carboxylic acids is 1. The van der Waals surface area contributed by atoms with Crippen molar-refractivity contribution >= 4 is 39.0 Å². The fraction of sp³-hybridized carbons (Fsp3) is 0.528. The minimum Gasteiger partial charge on any atom is -0.340 e. The van der Waals surface area contributed by atoms with Crippen LogP contribution in [0.4, 0.5) is 0 Å². The molecule has 40 heavy (non-hydrogen) atoms. The van der Waals surface area contributed by atoms with Crippen LogP contribution in [-0.4, -0.2) is 21.9 Å². The highest BCUT2D eigenvalue weighted by atomic mass is 32.1. The Hall–Kier alpha value is -2.59. The first kappa shape index (κ1) is 28.9. The number of unbranched alkanes of at least 4 members (excludes halogenated alkanes) is 10. The van der Waals surface area contributed by atoms with Gasteiger partial charge in [0.05, 0.1) is 5.56 Å². The molecule has 0 unspecified atom stereocenters. The van der Waals surface area contributed by atoms with Crippen molar-refractivity contribution < 1.29 is 4.79 Å². The van der Waals surface area contributed by atoms with Gasteiger partial charge in [0.25, 0.3) is 5.91 Å². The molecule has 2 aromatic carbocycles. The lowest BCUT2D eigenvalue weighted by Gasteiger charge is -2.16. The SMILES string of the molecule is CCCCCCCCN1Cc2c(C)sc(-c3ccc4c5ccc(C)cc5n(CCCCCCCC)c4c3)c2C1=O. The summed E-state index contributed by atoms with van der Waals surface area (Å²) in [5.41, 5.74) is 7.39. The predicted molar refractivity (Wildman–Crippen MR) is 174 cm³/mol. The van der Waals surface area contributed by atoms with Crippen molar-refractivity contribution in [1.29, 1.82) is 0 Å². The Morgan fingerprint density at radius 2 is 1.32 bits per heavy atom. The molecule has 3 heterocycles. The van der Waals surface area contributed by atoms with E-state index in [0.717, 1.165) is 36.5 Å². The maximum absolute atomic E-state index is 13.7. The Labute approximate surface area is 245 Å². The number of benzene rings is 2. The lowest BCUT2D eigenvalue weighted by molar-refractivity contribution is 0.0776. The Kier molecular flexibility index (Phi) is 9.68. The molecular weight excluding hydrogens is 508 g/mol. The molecular formula is C36H48N2OS. The molecule has 0 N–H and O–H groups in total. The van der Waals surface area contributed by atoms with E-state index in [-0.39, 0.29) is 5.91 Å². The summed E-state index contributed by atoms with van der Waals surface area (Å²) in [6.07, 6.45) is 15.3. The van der Waals surface area contributed by atoms with Crippen LogP contribution in [0.25, 0.3) is 32.2 Å². The molecule has 0 atom stereocenters. The summed E-state index contributed by atoms with van der Waals surface area (Å²) in [4.78, 5) is 18.2. The van der Waals surface area contributed by atoms with Crippen LogP contribution in [0.2, 0.25) is 0 Å². The molecule has 0 saturated heterocycles. The van der Waals surface area contributed by atoms with E-state index in [1.165, 1.54) is 114 Å². The van der Waals surface area contributed by atoms with Gasteiger partial charge in [-0.1, -0.05) is 102 Å². The van der Waals surface area contributed by atoms with Gasteiger partial charge < -0.3 is 9.47 Å². The predicted octanol–water partition coefficient (Wildman–Crippen LogP) is 10.8. The number of amides is 1. The van der Waals surface area contributed by atoms with Crippen molar-refractivity contribution in [2.24, 2.45) is 0 Å². The maximum Gasteiger partial charge on any atom is 0.256 e. The van der Waals surface area contributed by atoms with E-state index < -0.39 is 0 Å². The van der Waals surface area contributed by atoms with Crippen LogP contribution in [0.1, 0.15) is 117 Å². The molecule has 1 amide bonds. The number of carbonyl (C=O) groups is 1. The van der Waals surface area contributed by atoms with E-state index in [1.54, 1.807) is 0 Å². The zero-order chi connectivity index (χ0) is 28.1. The first-order valence-corrected chi connectivity index (χ1v) is 16.8. The monoisotopic (exact) mass is 556 g/mol. The van der Waals surface area contributed by atoms with Crippen molar-refractivity contribution in [2.45, 2.75) is 118 Å². The third-order valence-electron chi connectivity index (χ3n) is 8.86. The fourth-order valence-electron chi connectivity index (χ4n) is 6.52. The average Bonchev–Trinajstić information content (AvgIpc) is 3.56. The molecule has 3 nitrogen and oxygen atoms in total. The van der Waals surface area contributed by atoms with Gasteiger partial charge in [-0.3, -0.25) is 4.79 Å². The van der Waals surface area contributed by atoms with Gasteiger partial charge in [-0.05, 0) is 55.5 Å². The van der Waals surface area contributed by atoms with Crippen molar-refractivity contribution in [3.63, 3.8) is 0 Å². The molecule has 4 aromatic rings. The summed E-state index contributed by atoms with van der Waals surface area (Å²) in [5, 5.41) is 2.66. The van der Waals surface area contributed by atoms with Gasteiger partial charge in [0.15, 0.2) is 0 Å². The third kappa shape index (κ3) is 6.03. The molecule has 2 aromatic heterocycles. The number of aromatic nitrogens is 1. The smallest absolute Gasteiger partial charge is 0.256 e. The molecule has 1 aliphatic rings. The lowest BCUT2D eigenvalue weighted by Crippen LogP contribution is -2.25. The summed E-state index contributed by atoms with van der Waals surface area (Å²) >= 11 is 1.81. The zero-order valence-electron chi connectivity index (χ0n) is 25.3. The van der Waals surface area contributed by atoms with Crippen molar-refractivity contribution in [1.82, 2.24) is 9.47 Å². The van der Waals surface area contributed by atoms with Gasteiger partial charge in [-0.2, -0.15) is 0 Å². The molecule has 0 radical (unpaired) electrons. The number of hydrogen-bond donors (Lipinski definition) is 0. The van der Waals surface area contributed by atoms with E-state index in [9.17, 15) is 4.79 Å². The van der Waals surface area contributed by atoms with Crippen LogP contribution in [0.3, 0.4) is 0 Å². The van der Waals surface area contributed by atoms with Gasteiger partial charge in [-0.25, -0.2) is 0 Å². The Morgan fingerprint density at radius 1 is 0.725 bits per heavy atom. The van der Waals surface area contributed by atoms with E-state index in [4.69, 9.17) is 0 Å². The molecule has 0 aliphatic carbocycles. The van der Waals surface area contributed by atoms with Crippen LogP contribution in [0.5, 0.6) is 0 Å². The minimum atomic E-state index is 0.242. The quantitative estimate of drug-likeness (QED) is 0.134. The largest absolute Gasteiger partial charge is 0.340 e.